The Morgan fingerprint density at radius 3 is 2.24 bits per heavy atom. The minimum atomic E-state index is -3.53. The molecule has 0 spiro atoms. The number of thioether (sulfide) groups is 1. The summed E-state index contributed by atoms with van der Waals surface area (Å²) >= 11 is 1.31. The van der Waals surface area contributed by atoms with Crippen LogP contribution in [0.25, 0.3) is 11.4 Å². The number of nitrogens with zero attached hydrogens (tertiary/aromatic N) is 6. The van der Waals surface area contributed by atoms with Crippen LogP contribution >= 0.6 is 11.8 Å². The highest BCUT2D eigenvalue weighted by atomic mass is 32.2. The summed E-state index contributed by atoms with van der Waals surface area (Å²) < 4.78 is 29.5. The zero-order valence-corrected chi connectivity index (χ0v) is 23.2. The van der Waals surface area contributed by atoms with Gasteiger partial charge in [-0.25, -0.2) is 8.42 Å². The molecule has 0 bridgehead atoms. The Balaban J connectivity index is 1.41. The van der Waals surface area contributed by atoms with E-state index in [2.05, 4.69) is 20.4 Å². The molecule has 37 heavy (non-hydrogen) atoms. The summed E-state index contributed by atoms with van der Waals surface area (Å²) in [5.74, 6) is 0.692. The van der Waals surface area contributed by atoms with Crippen LogP contribution < -0.4 is 10.2 Å². The minimum absolute atomic E-state index is 0.131. The smallest absolute Gasteiger partial charge is 0.243 e. The molecule has 0 saturated carbocycles. The normalized spacial score (nSPS) is 15.0. The SMILES string of the molecule is CCn1c(SCC(=O)Nc2ccc(N(C)C)cc2)nnc1-c1ccc(S(=O)(=O)N2CCN(C)CC2)cc1. The van der Waals surface area contributed by atoms with E-state index in [1.165, 1.54) is 16.1 Å². The van der Waals surface area contributed by atoms with Crippen LogP contribution in [0.15, 0.2) is 58.6 Å². The van der Waals surface area contributed by atoms with Crippen molar-refractivity contribution in [1.82, 2.24) is 24.0 Å². The number of hydrogen-bond donors (Lipinski definition) is 1. The maximum atomic E-state index is 13.0. The molecule has 1 saturated heterocycles. The van der Waals surface area contributed by atoms with Crippen molar-refractivity contribution in [2.24, 2.45) is 0 Å². The number of hydrogen-bond acceptors (Lipinski definition) is 8. The number of carbonyl (C=O) groups excluding carboxylic acids is 1. The fraction of sp³-hybridized carbons (Fsp3) is 0.400. The zero-order valence-electron chi connectivity index (χ0n) is 21.6. The van der Waals surface area contributed by atoms with Crippen molar-refractivity contribution < 1.29 is 13.2 Å². The summed E-state index contributed by atoms with van der Waals surface area (Å²) in [5.41, 5.74) is 2.56. The Hall–Kier alpha value is -2.93. The third kappa shape index (κ3) is 6.32. The highest BCUT2D eigenvalue weighted by Crippen LogP contribution is 2.26. The summed E-state index contributed by atoms with van der Waals surface area (Å²) in [6, 6.07) is 14.4. The van der Waals surface area contributed by atoms with Crippen molar-refractivity contribution in [3.05, 3.63) is 48.5 Å². The molecule has 0 aliphatic carbocycles. The number of amides is 1. The molecular weight excluding hydrogens is 510 g/mol. The van der Waals surface area contributed by atoms with Gasteiger partial charge in [0.2, 0.25) is 15.9 Å². The van der Waals surface area contributed by atoms with Crippen molar-refractivity contribution >= 4 is 39.1 Å². The molecule has 4 rings (SSSR count). The van der Waals surface area contributed by atoms with Gasteiger partial charge >= 0.3 is 0 Å². The van der Waals surface area contributed by atoms with Crippen molar-refractivity contribution in [2.45, 2.75) is 23.5 Å². The first kappa shape index (κ1) is 27.1. The lowest BCUT2D eigenvalue weighted by atomic mass is 10.2. The Morgan fingerprint density at radius 2 is 1.65 bits per heavy atom. The maximum Gasteiger partial charge on any atom is 0.243 e. The van der Waals surface area contributed by atoms with Gasteiger partial charge in [-0.2, -0.15) is 4.31 Å². The number of carbonyl (C=O) groups is 1. The Labute approximate surface area is 222 Å². The molecule has 12 heteroatoms. The summed E-state index contributed by atoms with van der Waals surface area (Å²) in [6.07, 6.45) is 0. The Kier molecular flexibility index (Phi) is 8.53. The molecule has 1 aliphatic heterocycles. The summed E-state index contributed by atoms with van der Waals surface area (Å²) in [5, 5.41) is 12.1. The lowest BCUT2D eigenvalue weighted by Crippen LogP contribution is -2.46. The fourth-order valence-electron chi connectivity index (χ4n) is 4.02. The van der Waals surface area contributed by atoms with E-state index in [9.17, 15) is 13.2 Å². The van der Waals surface area contributed by atoms with Crippen LogP contribution in [0.3, 0.4) is 0 Å². The molecule has 1 aliphatic rings. The van der Waals surface area contributed by atoms with Gasteiger partial charge in [-0.1, -0.05) is 11.8 Å². The van der Waals surface area contributed by atoms with E-state index in [-0.39, 0.29) is 16.6 Å². The number of likely N-dealkylation sites (N-methyl/N-ethyl adjacent to an activating group) is 1. The second-order valence-electron chi connectivity index (χ2n) is 9.06. The maximum absolute atomic E-state index is 13.0. The molecule has 198 valence electrons. The summed E-state index contributed by atoms with van der Waals surface area (Å²) in [4.78, 5) is 16.9. The number of sulfonamides is 1. The number of piperazine rings is 1. The molecule has 0 radical (unpaired) electrons. The van der Waals surface area contributed by atoms with Crippen LogP contribution in [0.4, 0.5) is 11.4 Å². The van der Waals surface area contributed by atoms with E-state index in [4.69, 9.17) is 0 Å². The number of rotatable bonds is 9. The largest absolute Gasteiger partial charge is 0.378 e. The van der Waals surface area contributed by atoms with Crippen molar-refractivity contribution in [2.75, 3.05) is 63.3 Å². The molecule has 1 fully saturated rings. The minimum Gasteiger partial charge on any atom is -0.378 e. The van der Waals surface area contributed by atoms with Crippen LogP contribution in [0.5, 0.6) is 0 Å². The molecule has 0 atom stereocenters. The standard InChI is InChI=1S/C25H33N7O3S2/c1-5-32-24(19-6-12-22(13-7-19)37(34,35)31-16-14-30(4)15-17-31)27-28-25(32)36-18-23(33)26-20-8-10-21(11-9-20)29(2)3/h6-13H,5,14-18H2,1-4H3,(H,26,33). The van der Waals surface area contributed by atoms with Gasteiger partial charge in [0.1, 0.15) is 0 Å². The molecule has 0 unspecified atom stereocenters. The first-order chi connectivity index (χ1) is 17.7. The van der Waals surface area contributed by atoms with E-state index in [0.29, 0.717) is 30.6 Å². The molecule has 1 aromatic heterocycles. The lowest BCUT2D eigenvalue weighted by molar-refractivity contribution is -0.113. The third-order valence-corrected chi connectivity index (χ3v) is 9.13. The second kappa shape index (κ2) is 11.6. The van der Waals surface area contributed by atoms with Crippen molar-refractivity contribution in [3.8, 4) is 11.4 Å². The Bertz CT molecular complexity index is 1320. The van der Waals surface area contributed by atoms with Gasteiger partial charge in [-0.05, 0) is 62.5 Å². The molecule has 3 aromatic rings. The van der Waals surface area contributed by atoms with Gasteiger partial charge in [-0.15, -0.1) is 10.2 Å². The van der Waals surface area contributed by atoms with Gasteiger partial charge < -0.3 is 19.7 Å². The van der Waals surface area contributed by atoms with Gasteiger partial charge in [-0.3, -0.25) is 4.79 Å². The first-order valence-electron chi connectivity index (χ1n) is 12.1. The number of aromatic nitrogens is 3. The average Bonchev–Trinajstić information content (AvgIpc) is 3.31. The highest BCUT2D eigenvalue weighted by Gasteiger charge is 2.27. The van der Waals surface area contributed by atoms with Crippen LogP contribution in [0, 0.1) is 0 Å². The second-order valence-corrected chi connectivity index (χ2v) is 11.9. The van der Waals surface area contributed by atoms with Crippen LogP contribution in [0.1, 0.15) is 6.92 Å². The summed E-state index contributed by atoms with van der Waals surface area (Å²) in [7, 11) is 2.39. The third-order valence-electron chi connectivity index (χ3n) is 6.25. The van der Waals surface area contributed by atoms with Crippen LogP contribution in [-0.4, -0.2) is 91.4 Å². The van der Waals surface area contributed by atoms with Crippen molar-refractivity contribution in [3.63, 3.8) is 0 Å². The van der Waals surface area contributed by atoms with Crippen LogP contribution in [-0.2, 0) is 21.4 Å². The first-order valence-corrected chi connectivity index (χ1v) is 14.5. The number of nitrogens with one attached hydrogen (secondary N) is 1. The fourth-order valence-corrected chi connectivity index (χ4v) is 6.24. The van der Waals surface area contributed by atoms with Gasteiger partial charge in [0.05, 0.1) is 10.6 Å². The molecule has 1 N–H and O–H groups in total. The molecule has 2 aromatic carbocycles. The quantitative estimate of drug-likeness (QED) is 0.411. The highest BCUT2D eigenvalue weighted by molar-refractivity contribution is 7.99. The topological polar surface area (TPSA) is 104 Å². The lowest BCUT2D eigenvalue weighted by Gasteiger charge is -2.31. The van der Waals surface area contributed by atoms with Crippen LogP contribution in [0.2, 0.25) is 0 Å². The van der Waals surface area contributed by atoms with Gasteiger partial charge in [0, 0.05) is 63.8 Å². The molecule has 1 amide bonds. The van der Waals surface area contributed by atoms with Crippen molar-refractivity contribution in [1.29, 1.82) is 0 Å². The van der Waals surface area contributed by atoms with E-state index >= 15 is 0 Å². The number of benzene rings is 2. The predicted octanol–water partition coefficient (Wildman–Crippen LogP) is 2.70. The zero-order chi connectivity index (χ0) is 26.6. The van der Waals surface area contributed by atoms with E-state index in [1.54, 1.807) is 24.3 Å². The number of anilines is 2. The monoisotopic (exact) mass is 543 g/mol. The predicted molar refractivity (Wildman–Crippen MR) is 148 cm³/mol. The van der Waals surface area contributed by atoms with E-state index in [1.807, 2.05) is 61.8 Å². The average molecular weight is 544 g/mol. The summed E-state index contributed by atoms with van der Waals surface area (Å²) in [6.45, 7) is 5.01. The van der Waals surface area contributed by atoms with Gasteiger partial charge in [0.15, 0.2) is 11.0 Å². The Morgan fingerprint density at radius 1 is 1.00 bits per heavy atom. The van der Waals surface area contributed by atoms with E-state index < -0.39 is 10.0 Å². The van der Waals surface area contributed by atoms with E-state index in [0.717, 1.165) is 30.0 Å². The molecular formula is C25H33N7O3S2. The molecule has 10 nitrogen and oxygen atoms in total. The molecule has 2 heterocycles. The van der Waals surface area contributed by atoms with Gasteiger partial charge in [0.25, 0.3) is 0 Å².